The van der Waals surface area contributed by atoms with Gasteiger partial charge in [-0.1, -0.05) is 38.1 Å². The molecule has 6 heteroatoms. The molecule has 2 aromatic rings. The zero-order chi connectivity index (χ0) is 17.5. The zero-order valence-corrected chi connectivity index (χ0v) is 17.0. The van der Waals surface area contributed by atoms with Crippen molar-refractivity contribution in [1.29, 1.82) is 0 Å². The van der Waals surface area contributed by atoms with Crippen LogP contribution in [-0.4, -0.2) is 19.0 Å². The Balaban J connectivity index is 0.00000312. The van der Waals surface area contributed by atoms with E-state index in [4.69, 9.17) is 5.73 Å². The van der Waals surface area contributed by atoms with Crippen molar-refractivity contribution in [2.45, 2.75) is 26.3 Å². The lowest BCUT2D eigenvalue weighted by atomic mass is 10.0. The molecule has 0 radical (unpaired) electrons. The molecular weight excluding hydrogens is 429 g/mol. The second kappa shape index (κ2) is 10.0. The monoisotopic (exact) mass is 453 g/mol. The van der Waals surface area contributed by atoms with E-state index in [1.54, 1.807) is 12.1 Å². The Hall–Kier alpha value is -2.09. The molecule has 0 aliphatic carbocycles. The number of nitrogens with two attached hydrogens (primary N) is 1. The number of carbonyl (C=O) groups is 1. The zero-order valence-electron chi connectivity index (χ0n) is 14.7. The van der Waals surface area contributed by atoms with Crippen molar-refractivity contribution in [1.82, 2.24) is 0 Å². The van der Waals surface area contributed by atoms with Gasteiger partial charge in [0.15, 0.2) is 5.96 Å². The third-order valence-corrected chi connectivity index (χ3v) is 3.63. The molecule has 25 heavy (non-hydrogen) atoms. The third kappa shape index (κ3) is 6.38. The van der Waals surface area contributed by atoms with E-state index in [-0.39, 0.29) is 29.9 Å². The Morgan fingerprint density at radius 3 is 2.48 bits per heavy atom. The highest BCUT2D eigenvalue weighted by molar-refractivity contribution is 14.0. The van der Waals surface area contributed by atoms with Gasteiger partial charge in [0, 0.05) is 5.69 Å². The Bertz CT molecular complexity index is 728. The van der Waals surface area contributed by atoms with Crippen LogP contribution in [0.15, 0.2) is 53.5 Å². The fourth-order valence-corrected chi connectivity index (χ4v) is 2.20. The molecule has 5 nitrogen and oxygen atoms in total. The van der Waals surface area contributed by atoms with E-state index in [9.17, 15) is 4.79 Å². The maximum Gasteiger partial charge on any atom is 0.337 e. The topological polar surface area (TPSA) is 76.7 Å². The first-order chi connectivity index (χ1) is 11.5. The minimum Gasteiger partial charge on any atom is -0.465 e. The van der Waals surface area contributed by atoms with E-state index < -0.39 is 0 Å². The first-order valence-electron chi connectivity index (χ1n) is 7.83. The van der Waals surface area contributed by atoms with Crippen LogP contribution in [0.2, 0.25) is 0 Å². The second-order valence-corrected chi connectivity index (χ2v) is 5.80. The summed E-state index contributed by atoms with van der Waals surface area (Å²) in [6, 6.07) is 15.2. The van der Waals surface area contributed by atoms with Gasteiger partial charge < -0.3 is 15.8 Å². The highest BCUT2D eigenvalue weighted by Gasteiger charge is 2.04. The van der Waals surface area contributed by atoms with Crippen molar-refractivity contribution in [2.24, 2.45) is 10.7 Å². The lowest BCUT2D eigenvalue weighted by molar-refractivity contribution is 0.0600. The number of esters is 1. The number of nitrogens with one attached hydrogen (secondary N) is 1. The Kier molecular flexibility index (Phi) is 8.40. The number of ether oxygens (including phenoxy) is 1. The van der Waals surface area contributed by atoms with Crippen LogP contribution < -0.4 is 11.1 Å². The molecule has 0 amide bonds. The number of anilines is 1. The summed E-state index contributed by atoms with van der Waals surface area (Å²) < 4.78 is 4.67. The number of rotatable bonds is 5. The summed E-state index contributed by atoms with van der Waals surface area (Å²) in [5.74, 6) is 0.461. The fraction of sp³-hybridized carbons (Fsp3) is 0.263. The Labute approximate surface area is 165 Å². The smallest absolute Gasteiger partial charge is 0.337 e. The van der Waals surface area contributed by atoms with Crippen LogP contribution in [0.1, 0.15) is 41.3 Å². The molecule has 0 bridgehead atoms. The van der Waals surface area contributed by atoms with Crippen LogP contribution in [0.5, 0.6) is 0 Å². The van der Waals surface area contributed by atoms with Gasteiger partial charge in [0.1, 0.15) is 0 Å². The van der Waals surface area contributed by atoms with Gasteiger partial charge in [-0.15, -0.1) is 24.0 Å². The van der Waals surface area contributed by atoms with Gasteiger partial charge in [0.2, 0.25) is 0 Å². The highest BCUT2D eigenvalue weighted by atomic mass is 127. The van der Waals surface area contributed by atoms with Crippen LogP contribution in [0.25, 0.3) is 0 Å². The van der Waals surface area contributed by atoms with E-state index in [1.165, 1.54) is 12.7 Å². The van der Waals surface area contributed by atoms with Crippen molar-refractivity contribution in [3.8, 4) is 0 Å². The van der Waals surface area contributed by atoms with Crippen molar-refractivity contribution < 1.29 is 9.53 Å². The van der Waals surface area contributed by atoms with Gasteiger partial charge in [-0.05, 0) is 41.3 Å². The molecule has 2 rings (SSSR count). The summed E-state index contributed by atoms with van der Waals surface area (Å²) in [5.41, 5.74) is 9.58. The molecule has 0 atom stereocenters. The number of benzene rings is 2. The SMILES string of the molecule is COC(=O)c1ccc(CN=C(N)Nc2cccc(C(C)C)c2)cc1.I. The molecule has 0 aromatic heterocycles. The Morgan fingerprint density at radius 1 is 1.20 bits per heavy atom. The average molecular weight is 453 g/mol. The summed E-state index contributed by atoms with van der Waals surface area (Å²) in [4.78, 5) is 15.7. The van der Waals surface area contributed by atoms with Gasteiger partial charge in [-0.25, -0.2) is 9.79 Å². The average Bonchev–Trinajstić information content (AvgIpc) is 2.60. The van der Waals surface area contributed by atoms with E-state index in [2.05, 4.69) is 41.0 Å². The van der Waals surface area contributed by atoms with Crippen LogP contribution in [0.4, 0.5) is 5.69 Å². The molecule has 0 heterocycles. The van der Waals surface area contributed by atoms with Crippen molar-refractivity contribution in [3.05, 3.63) is 65.2 Å². The summed E-state index contributed by atoms with van der Waals surface area (Å²) in [6.45, 7) is 4.73. The standard InChI is InChI=1S/C19H23N3O2.HI/c1-13(2)16-5-4-6-17(11-16)22-19(20)21-12-14-7-9-15(10-8-14)18(23)24-3;/h4-11,13H,12H2,1-3H3,(H3,20,21,22);1H. The number of nitrogens with zero attached hydrogens (tertiary/aromatic N) is 1. The van der Waals surface area contributed by atoms with E-state index in [1.807, 2.05) is 24.3 Å². The van der Waals surface area contributed by atoms with Crippen molar-refractivity contribution in [2.75, 3.05) is 12.4 Å². The third-order valence-electron chi connectivity index (χ3n) is 3.63. The molecule has 2 aromatic carbocycles. The summed E-state index contributed by atoms with van der Waals surface area (Å²) >= 11 is 0. The van der Waals surface area contributed by atoms with E-state index in [0.29, 0.717) is 24.0 Å². The second-order valence-electron chi connectivity index (χ2n) is 5.80. The van der Waals surface area contributed by atoms with Gasteiger partial charge in [-0.3, -0.25) is 0 Å². The largest absolute Gasteiger partial charge is 0.465 e. The molecular formula is C19H24IN3O2. The number of hydrogen-bond acceptors (Lipinski definition) is 3. The number of halogens is 1. The lowest BCUT2D eigenvalue weighted by Gasteiger charge is -2.10. The molecule has 0 unspecified atom stereocenters. The fourth-order valence-electron chi connectivity index (χ4n) is 2.20. The lowest BCUT2D eigenvalue weighted by Crippen LogP contribution is -2.22. The van der Waals surface area contributed by atoms with Gasteiger partial charge in [0.05, 0.1) is 19.2 Å². The summed E-state index contributed by atoms with van der Waals surface area (Å²) in [7, 11) is 1.36. The highest BCUT2D eigenvalue weighted by Crippen LogP contribution is 2.18. The molecule has 0 aliphatic heterocycles. The summed E-state index contributed by atoms with van der Waals surface area (Å²) in [6.07, 6.45) is 0. The van der Waals surface area contributed by atoms with Crippen LogP contribution in [0, 0.1) is 0 Å². The minimum absolute atomic E-state index is 0. The van der Waals surface area contributed by atoms with E-state index >= 15 is 0 Å². The molecule has 0 saturated carbocycles. The van der Waals surface area contributed by atoms with E-state index in [0.717, 1.165) is 11.3 Å². The maximum atomic E-state index is 11.4. The quantitative estimate of drug-likeness (QED) is 0.309. The molecule has 0 fully saturated rings. The van der Waals surface area contributed by atoms with Crippen molar-refractivity contribution >= 4 is 41.6 Å². The number of hydrogen-bond donors (Lipinski definition) is 2. The predicted molar refractivity (Wildman–Crippen MR) is 113 cm³/mol. The molecule has 0 saturated heterocycles. The van der Waals surface area contributed by atoms with Crippen LogP contribution in [-0.2, 0) is 11.3 Å². The van der Waals surface area contributed by atoms with Gasteiger partial charge >= 0.3 is 5.97 Å². The number of guanidine groups is 1. The van der Waals surface area contributed by atoms with Gasteiger partial charge in [-0.2, -0.15) is 0 Å². The molecule has 0 spiro atoms. The van der Waals surface area contributed by atoms with Crippen LogP contribution >= 0.6 is 24.0 Å². The predicted octanol–water partition coefficient (Wildman–Crippen LogP) is 4.14. The number of methoxy groups -OCH3 is 1. The summed E-state index contributed by atoms with van der Waals surface area (Å²) in [5, 5.41) is 3.10. The molecule has 3 N–H and O–H groups in total. The molecule has 134 valence electrons. The maximum absolute atomic E-state index is 11.4. The normalized spacial score (nSPS) is 11.0. The van der Waals surface area contributed by atoms with Gasteiger partial charge in [0.25, 0.3) is 0 Å². The minimum atomic E-state index is -0.351. The number of carbonyl (C=O) groups excluding carboxylic acids is 1. The van der Waals surface area contributed by atoms with Crippen molar-refractivity contribution in [3.63, 3.8) is 0 Å². The first-order valence-corrected chi connectivity index (χ1v) is 7.83. The molecule has 0 aliphatic rings. The first kappa shape index (κ1) is 21.0. The Morgan fingerprint density at radius 2 is 1.88 bits per heavy atom. The number of aliphatic imine (C=N–C) groups is 1. The van der Waals surface area contributed by atoms with Crippen LogP contribution in [0.3, 0.4) is 0 Å².